The number of thiazole rings is 1. The van der Waals surface area contributed by atoms with E-state index in [1.165, 1.54) is 27.9 Å². The summed E-state index contributed by atoms with van der Waals surface area (Å²) in [5.74, 6) is 0.731. The lowest BCUT2D eigenvalue weighted by Gasteiger charge is -2.36. The lowest BCUT2D eigenvalue weighted by molar-refractivity contribution is 0.292. The van der Waals surface area contributed by atoms with Crippen LogP contribution < -0.4 is 5.32 Å². The highest BCUT2D eigenvalue weighted by atomic mass is 79.9. The molecule has 19 heavy (non-hydrogen) atoms. The Kier molecular flexibility index (Phi) is 4.31. The van der Waals surface area contributed by atoms with Gasteiger partial charge in [0, 0.05) is 35.1 Å². The fourth-order valence-corrected chi connectivity index (χ4v) is 3.61. The zero-order valence-corrected chi connectivity index (χ0v) is 13.1. The Morgan fingerprint density at radius 1 is 1.37 bits per heavy atom. The summed E-state index contributed by atoms with van der Waals surface area (Å²) >= 11 is 5.28. The minimum absolute atomic E-state index is 0.684. The van der Waals surface area contributed by atoms with Crippen LogP contribution in [0.3, 0.4) is 0 Å². The van der Waals surface area contributed by atoms with Gasteiger partial charge >= 0.3 is 0 Å². The van der Waals surface area contributed by atoms with Crippen molar-refractivity contribution >= 4 is 27.3 Å². The fraction of sp³-hybridized carbons (Fsp3) is 0.400. The lowest BCUT2D eigenvalue weighted by atomic mass is 9.76. The zero-order chi connectivity index (χ0) is 13.1. The molecule has 0 radical (unpaired) electrons. The van der Waals surface area contributed by atoms with E-state index in [1.54, 1.807) is 11.3 Å². The van der Waals surface area contributed by atoms with E-state index in [4.69, 9.17) is 0 Å². The number of aromatic nitrogens is 1. The Morgan fingerprint density at radius 2 is 2.26 bits per heavy atom. The summed E-state index contributed by atoms with van der Waals surface area (Å²) in [5.41, 5.74) is 1.47. The molecule has 1 aliphatic carbocycles. The third kappa shape index (κ3) is 3.44. The quantitative estimate of drug-likeness (QED) is 0.893. The summed E-state index contributed by atoms with van der Waals surface area (Å²) in [7, 11) is 0. The molecule has 1 heterocycles. The molecule has 1 aliphatic rings. The molecule has 0 amide bonds. The molecule has 0 unspecified atom stereocenters. The largest absolute Gasteiger partial charge is 0.314 e. The molecule has 1 N–H and O–H groups in total. The smallest absolute Gasteiger partial charge is 0.0937 e. The average molecular weight is 337 g/mol. The van der Waals surface area contributed by atoms with E-state index in [2.05, 4.69) is 50.5 Å². The highest BCUT2D eigenvalue weighted by Gasteiger charge is 2.29. The van der Waals surface area contributed by atoms with Gasteiger partial charge in [-0.1, -0.05) is 28.1 Å². The molecule has 3 rings (SSSR count). The molecule has 0 spiro atoms. The van der Waals surface area contributed by atoms with Crippen LogP contribution in [0, 0.1) is 0 Å². The van der Waals surface area contributed by atoms with Gasteiger partial charge in [0.15, 0.2) is 0 Å². The van der Waals surface area contributed by atoms with Crippen LogP contribution in [0.15, 0.2) is 40.3 Å². The molecular formula is C15H17BrN2S. The SMILES string of the molecule is Brc1cccc(C2CC(NCCc3nccs3)C2)c1. The second-order valence-corrected chi connectivity index (χ2v) is 6.95. The van der Waals surface area contributed by atoms with Crippen LogP contribution in [-0.4, -0.2) is 17.6 Å². The van der Waals surface area contributed by atoms with E-state index < -0.39 is 0 Å². The second-order valence-electron chi connectivity index (χ2n) is 5.05. The first-order valence-electron chi connectivity index (χ1n) is 6.68. The Labute approximate surface area is 126 Å². The zero-order valence-electron chi connectivity index (χ0n) is 10.7. The first kappa shape index (κ1) is 13.3. The molecular weight excluding hydrogens is 320 g/mol. The summed E-state index contributed by atoms with van der Waals surface area (Å²) in [6.07, 6.45) is 5.45. The van der Waals surface area contributed by atoms with Gasteiger partial charge in [0.25, 0.3) is 0 Å². The molecule has 1 aromatic carbocycles. The van der Waals surface area contributed by atoms with Crippen LogP contribution in [0.1, 0.15) is 29.3 Å². The van der Waals surface area contributed by atoms with Crippen molar-refractivity contribution in [2.75, 3.05) is 6.54 Å². The Bertz CT molecular complexity index is 521. The predicted octanol–water partition coefficient (Wildman–Crippen LogP) is 3.98. The van der Waals surface area contributed by atoms with Crippen molar-refractivity contribution in [3.63, 3.8) is 0 Å². The molecule has 2 nitrogen and oxygen atoms in total. The fourth-order valence-electron chi connectivity index (χ4n) is 2.58. The van der Waals surface area contributed by atoms with Crippen molar-refractivity contribution in [3.05, 3.63) is 50.9 Å². The molecule has 1 saturated carbocycles. The van der Waals surface area contributed by atoms with E-state index in [-0.39, 0.29) is 0 Å². The van der Waals surface area contributed by atoms with Crippen LogP contribution in [0.4, 0.5) is 0 Å². The van der Waals surface area contributed by atoms with Crippen molar-refractivity contribution in [2.24, 2.45) is 0 Å². The van der Waals surface area contributed by atoms with E-state index in [9.17, 15) is 0 Å². The van der Waals surface area contributed by atoms with E-state index in [1.807, 2.05) is 11.6 Å². The van der Waals surface area contributed by atoms with Gasteiger partial charge in [-0.3, -0.25) is 0 Å². The monoisotopic (exact) mass is 336 g/mol. The maximum atomic E-state index is 4.30. The van der Waals surface area contributed by atoms with Gasteiger partial charge in [0.1, 0.15) is 0 Å². The molecule has 1 aromatic heterocycles. The Balaban J connectivity index is 1.41. The highest BCUT2D eigenvalue weighted by Crippen LogP contribution is 2.37. The maximum Gasteiger partial charge on any atom is 0.0937 e. The Hall–Kier alpha value is -0.710. The molecule has 4 heteroatoms. The summed E-state index contributed by atoms with van der Waals surface area (Å²) in [6, 6.07) is 9.38. The van der Waals surface area contributed by atoms with Crippen molar-refractivity contribution in [2.45, 2.75) is 31.2 Å². The topological polar surface area (TPSA) is 24.9 Å². The van der Waals surface area contributed by atoms with Crippen molar-refractivity contribution in [1.82, 2.24) is 10.3 Å². The van der Waals surface area contributed by atoms with Crippen LogP contribution in [-0.2, 0) is 6.42 Å². The van der Waals surface area contributed by atoms with E-state index >= 15 is 0 Å². The third-order valence-corrected chi connectivity index (χ3v) is 5.05. The standard InChI is InChI=1S/C15H17BrN2S/c16-13-3-1-2-11(8-13)12-9-14(10-12)17-5-4-15-18-6-7-19-15/h1-3,6-8,12,14,17H,4-5,9-10H2. The number of nitrogens with zero attached hydrogens (tertiary/aromatic N) is 1. The van der Waals surface area contributed by atoms with Crippen LogP contribution >= 0.6 is 27.3 Å². The van der Waals surface area contributed by atoms with Gasteiger partial charge in [-0.05, 0) is 36.5 Å². The number of rotatable bonds is 5. The van der Waals surface area contributed by atoms with Gasteiger partial charge in [-0.2, -0.15) is 0 Å². The number of benzene rings is 1. The lowest BCUT2D eigenvalue weighted by Crippen LogP contribution is -2.40. The van der Waals surface area contributed by atoms with Gasteiger partial charge in [-0.15, -0.1) is 11.3 Å². The minimum atomic E-state index is 0.684. The first-order valence-corrected chi connectivity index (χ1v) is 8.36. The molecule has 0 saturated heterocycles. The van der Waals surface area contributed by atoms with Gasteiger partial charge in [0.05, 0.1) is 5.01 Å². The normalized spacial score (nSPS) is 22.2. The molecule has 0 bridgehead atoms. The van der Waals surface area contributed by atoms with Gasteiger partial charge < -0.3 is 5.32 Å². The summed E-state index contributed by atoms with van der Waals surface area (Å²) < 4.78 is 1.19. The summed E-state index contributed by atoms with van der Waals surface area (Å²) in [5, 5.41) is 6.90. The minimum Gasteiger partial charge on any atom is -0.314 e. The number of hydrogen-bond donors (Lipinski definition) is 1. The highest BCUT2D eigenvalue weighted by molar-refractivity contribution is 9.10. The van der Waals surface area contributed by atoms with Gasteiger partial charge in [0.2, 0.25) is 0 Å². The Morgan fingerprint density at radius 3 is 3.00 bits per heavy atom. The van der Waals surface area contributed by atoms with Crippen molar-refractivity contribution < 1.29 is 0 Å². The van der Waals surface area contributed by atoms with Crippen LogP contribution in [0.25, 0.3) is 0 Å². The molecule has 2 aromatic rings. The van der Waals surface area contributed by atoms with Gasteiger partial charge in [-0.25, -0.2) is 4.98 Å². The second kappa shape index (κ2) is 6.16. The maximum absolute atomic E-state index is 4.30. The summed E-state index contributed by atoms with van der Waals surface area (Å²) in [6.45, 7) is 1.05. The van der Waals surface area contributed by atoms with Crippen molar-refractivity contribution in [3.8, 4) is 0 Å². The molecule has 0 aliphatic heterocycles. The molecule has 0 atom stereocenters. The molecule has 1 fully saturated rings. The number of halogens is 1. The molecule has 100 valence electrons. The van der Waals surface area contributed by atoms with E-state index in [0.29, 0.717) is 6.04 Å². The summed E-state index contributed by atoms with van der Waals surface area (Å²) in [4.78, 5) is 4.30. The third-order valence-electron chi connectivity index (χ3n) is 3.71. The number of nitrogens with one attached hydrogen (secondary N) is 1. The van der Waals surface area contributed by atoms with E-state index in [0.717, 1.165) is 18.9 Å². The number of hydrogen-bond acceptors (Lipinski definition) is 3. The first-order chi connectivity index (χ1) is 9.31. The van der Waals surface area contributed by atoms with Crippen LogP contribution in [0.5, 0.6) is 0 Å². The van der Waals surface area contributed by atoms with Crippen LogP contribution in [0.2, 0.25) is 0 Å². The predicted molar refractivity (Wildman–Crippen MR) is 83.7 cm³/mol. The average Bonchev–Trinajstić information content (AvgIpc) is 2.85. The van der Waals surface area contributed by atoms with Crippen molar-refractivity contribution in [1.29, 1.82) is 0 Å².